The maximum absolute atomic E-state index is 10.1. The first kappa shape index (κ1) is 35.0. The number of rotatable bonds is 6. The topological polar surface area (TPSA) is 145 Å². The van der Waals surface area contributed by atoms with Crippen LogP contribution in [0.15, 0.2) is 70.6 Å². The largest absolute Gasteiger partial charge is 2.00 e. The first-order valence-electron chi connectivity index (χ1n) is 12.0. The van der Waals surface area contributed by atoms with Gasteiger partial charge in [-0.3, -0.25) is 9.98 Å². The van der Waals surface area contributed by atoms with Gasteiger partial charge in [0.15, 0.2) is 0 Å². The minimum absolute atomic E-state index is 0. The number of nitrogens with zero attached hydrogens (tertiary/aromatic N) is 2. The fourth-order valence-electron chi connectivity index (χ4n) is 2.98. The van der Waals surface area contributed by atoms with E-state index in [-0.39, 0.29) is 28.3 Å². The zero-order chi connectivity index (χ0) is 28.8. The molecule has 0 aromatic heterocycles. The zero-order valence-electron chi connectivity index (χ0n) is 22.8. The third kappa shape index (κ3) is 14.0. The SMILES string of the molecule is CC(=O)[O-].CC(=O)[O-].CC(C)c1ccc(O)c(C=Nc2ccc(N=Cc3cc(C(C)C)ccc3O)cc2)c1.[Co+2]. The normalized spacial score (nSPS) is 10.5. The maximum Gasteiger partial charge on any atom is 2.00 e. The summed E-state index contributed by atoms with van der Waals surface area (Å²) in [5, 5.41) is 37.9. The molecule has 2 N–H and O–H groups in total. The van der Waals surface area contributed by atoms with E-state index < -0.39 is 11.9 Å². The van der Waals surface area contributed by atoms with Crippen molar-refractivity contribution in [3.63, 3.8) is 0 Å². The van der Waals surface area contributed by atoms with Crippen LogP contribution >= 0.6 is 0 Å². The smallest absolute Gasteiger partial charge is 0.550 e. The zero-order valence-corrected chi connectivity index (χ0v) is 23.9. The standard InChI is InChI=1S/C26H28N2O2.2C2H4O2.Co/c1-17(2)19-5-11-25(29)21(13-19)15-27-23-7-9-24(10-8-23)28-16-22-14-20(18(3)4)6-12-26(22)30;2*1-2(3)4;/h5-18,29-30H,1-4H3;2*1H3,(H,3,4);/q;;;+2/p-2. The minimum Gasteiger partial charge on any atom is -0.550 e. The molecule has 0 spiro atoms. The Balaban J connectivity index is 0.00000142. The molecule has 3 aromatic carbocycles. The van der Waals surface area contributed by atoms with Gasteiger partial charge >= 0.3 is 16.8 Å². The Hall–Kier alpha value is -3.95. The first-order valence-corrected chi connectivity index (χ1v) is 12.0. The van der Waals surface area contributed by atoms with Crippen LogP contribution in [0.25, 0.3) is 0 Å². The number of phenolic OH excluding ortho intramolecular Hbond substituents is 2. The molecule has 9 heteroatoms. The molecule has 0 amide bonds. The molecule has 209 valence electrons. The van der Waals surface area contributed by atoms with E-state index in [0.717, 1.165) is 36.3 Å². The van der Waals surface area contributed by atoms with E-state index in [1.807, 2.05) is 48.5 Å². The number of carboxylic acids is 2. The second kappa shape index (κ2) is 17.5. The fraction of sp³-hybridized carbons (Fsp3) is 0.267. The fourth-order valence-corrected chi connectivity index (χ4v) is 2.98. The number of aliphatic carboxylic acids is 2. The number of carbonyl (C=O) groups excluding carboxylic acids is 2. The molecule has 0 aliphatic rings. The van der Waals surface area contributed by atoms with Crippen LogP contribution in [0.3, 0.4) is 0 Å². The van der Waals surface area contributed by atoms with Crippen LogP contribution in [-0.2, 0) is 26.4 Å². The van der Waals surface area contributed by atoms with Gasteiger partial charge in [0.25, 0.3) is 0 Å². The minimum atomic E-state index is -1.08. The van der Waals surface area contributed by atoms with Crippen molar-refractivity contribution in [2.75, 3.05) is 0 Å². The molecule has 0 heterocycles. The molecule has 3 aromatic rings. The van der Waals surface area contributed by atoms with Crippen LogP contribution in [0.1, 0.15) is 75.6 Å². The van der Waals surface area contributed by atoms with E-state index in [1.54, 1.807) is 24.6 Å². The molecule has 0 aliphatic carbocycles. The molecule has 0 fully saturated rings. The van der Waals surface area contributed by atoms with E-state index in [1.165, 1.54) is 0 Å². The summed E-state index contributed by atoms with van der Waals surface area (Å²) in [5.74, 6) is -0.966. The van der Waals surface area contributed by atoms with Crippen molar-refractivity contribution in [3.8, 4) is 11.5 Å². The molecule has 1 radical (unpaired) electrons. The Kier molecular flexibility index (Phi) is 15.8. The number of aromatic hydroxyl groups is 2. The number of benzene rings is 3. The van der Waals surface area contributed by atoms with Crippen LogP contribution in [0, 0.1) is 0 Å². The van der Waals surface area contributed by atoms with Crippen molar-refractivity contribution in [1.82, 2.24) is 0 Å². The van der Waals surface area contributed by atoms with Gasteiger partial charge in [-0.25, -0.2) is 0 Å². The molecule has 0 saturated carbocycles. The second-order valence-electron chi connectivity index (χ2n) is 8.96. The van der Waals surface area contributed by atoms with E-state index in [2.05, 4.69) is 37.7 Å². The average molecular weight is 578 g/mol. The molecule has 0 aliphatic heterocycles. The molecule has 0 unspecified atom stereocenters. The van der Waals surface area contributed by atoms with Gasteiger partial charge in [0.05, 0.1) is 11.4 Å². The van der Waals surface area contributed by atoms with Crippen LogP contribution in [0.4, 0.5) is 11.4 Å². The van der Waals surface area contributed by atoms with Gasteiger partial charge in [-0.05, 0) is 85.3 Å². The summed E-state index contributed by atoms with van der Waals surface area (Å²) in [4.78, 5) is 26.7. The van der Waals surface area contributed by atoms with Crippen LogP contribution in [-0.4, -0.2) is 34.6 Å². The molecule has 39 heavy (non-hydrogen) atoms. The summed E-state index contributed by atoms with van der Waals surface area (Å²) >= 11 is 0. The molecule has 0 saturated heterocycles. The summed E-state index contributed by atoms with van der Waals surface area (Å²) in [5.41, 5.74) is 5.25. The predicted octanol–water partition coefficient (Wildman–Crippen LogP) is 4.36. The van der Waals surface area contributed by atoms with Gasteiger partial charge in [0.2, 0.25) is 0 Å². The third-order valence-corrected chi connectivity index (χ3v) is 4.99. The number of hydrogen-bond donors (Lipinski definition) is 2. The number of phenols is 2. The van der Waals surface area contributed by atoms with Crippen LogP contribution in [0.2, 0.25) is 0 Å². The number of carboxylic acid groups (broad SMARTS) is 2. The molecular weight excluding hydrogens is 543 g/mol. The summed E-state index contributed by atoms with van der Waals surface area (Å²) in [6.07, 6.45) is 3.35. The molecule has 0 bridgehead atoms. The van der Waals surface area contributed by atoms with Crippen molar-refractivity contribution < 1.29 is 46.8 Å². The van der Waals surface area contributed by atoms with Gasteiger partial charge in [-0.15, -0.1) is 0 Å². The summed E-state index contributed by atoms with van der Waals surface area (Å²) < 4.78 is 0. The molecular formula is C30H34CoN2O6. The van der Waals surface area contributed by atoms with Gasteiger partial charge in [-0.2, -0.15) is 0 Å². The van der Waals surface area contributed by atoms with E-state index in [4.69, 9.17) is 19.8 Å². The Bertz CT molecular complexity index is 1160. The molecule has 8 nitrogen and oxygen atoms in total. The van der Waals surface area contributed by atoms with Crippen molar-refractivity contribution in [2.24, 2.45) is 9.98 Å². The second-order valence-corrected chi connectivity index (χ2v) is 8.96. The Labute approximate surface area is 240 Å². The van der Waals surface area contributed by atoms with E-state index in [9.17, 15) is 10.2 Å². The van der Waals surface area contributed by atoms with Crippen LogP contribution < -0.4 is 10.2 Å². The van der Waals surface area contributed by atoms with Gasteiger partial charge in [0.1, 0.15) is 11.5 Å². The summed E-state index contributed by atoms with van der Waals surface area (Å²) in [6, 6.07) is 18.7. The Morgan fingerprint density at radius 1 is 0.667 bits per heavy atom. The van der Waals surface area contributed by atoms with Gasteiger partial charge < -0.3 is 30.0 Å². The first-order chi connectivity index (χ1) is 17.8. The monoisotopic (exact) mass is 577 g/mol. The maximum atomic E-state index is 10.1. The van der Waals surface area contributed by atoms with Crippen molar-refractivity contribution >= 4 is 35.7 Å². The van der Waals surface area contributed by atoms with Crippen molar-refractivity contribution in [1.29, 1.82) is 0 Å². The summed E-state index contributed by atoms with van der Waals surface area (Å²) in [7, 11) is 0. The van der Waals surface area contributed by atoms with E-state index in [0.29, 0.717) is 23.0 Å². The Morgan fingerprint density at radius 2 is 0.949 bits per heavy atom. The average Bonchev–Trinajstić information content (AvgIpc) is 2.82. The van der Waals surface area contributed by atoms with E-state index >= 15 is 0 Å². The molecule has 0 atom stereocenters. The van der Waals surface area contributed by atoms with Crippen LogP contribution in [0.5, 0.6) is 11.5 Å². The predicted molar refractivity (Wildman–Crippen MR) is 147 cm³/mol. The van der Waals surface area contributed by atoms with Crippen molar-refractivity contribution in [2.45, 2.75) is 53.4 Å². The molecule has 3 rings (SSSR count). The third-order valence-electron chi connectivity index (χ3n) is 4.99. The van der Waals surface area contributed by atoms with Gasteiger partial charge in [0, 0.05) is 35.5 Å². The quantitative estimate of drug-likeness (QED) is 0.417. The van der Waals surface area contributed by atoms with Crippen molar-refractivity contribution in [3.05, 3.63) is 82.9 Å². The number of aliphatic imine (C=N–C) groups is 2. The number of hydrogen-bond acceptors (Lipinski definition) is 8. The summed E-state index contributed by atoms with van der Waals surface area (Å²) in [6.45, 7) is 10.4. The van der Waals surface area contributed by atoms with Gasteiger partial charge in [-0.1, -0.05) is 39.8 Å². The number of carbonyl (C=O) groups is 2. The Morgan fingerprint density at radius 3 is 1.21 bits per heavy atom.